The summed E-state index contributed by atoms with van der Waals surface area (Å²) in [5.41, 5.74) is 0.209. The Hall–Kier alpha value is -0.430. The molecule has 7 heteroatoms. The van der Waals surface area contributed by atoms with Gasteiger partial charge >= 0.3 is 29.6 Å². The van der Waals surface area contributed by atoms with Gasteiger partial charge in [0.2, 0.25) is 0 Å². The van der Waals surface area contributed by atoms with Crippen LogP contribution in [0.1, 0.15) is 10.4 Å². The molecule has 1 aromatic heterocycles. The third-order valence-electron chi connectivity index (χ3n) is 1.18. The number of nitrogens with zero attached hydrogens (tertiary/aromatic N) is 2. The zero-order valence-corrected chi connectivity index (χ0v) is 10.7. The maximum atomic E-state index is 11.1. The van der Waals surface area contributed by atoms with Gasteiger partial charge in [0.15, 0.2) is 0 Å². The Balaban J connectivity index is 0.00000169. The van der Waals surface area contributed by atoms with Gasteiger partial charge < -0.3 is 9.52 Å². The van der Waals surface area contributed by atoms with Crippen molar-refractivity contribution >= 4 is 15.9 Å². The summed E-state index contributed by atoms with van der Waals surface area (Å²) in [4.78, 5) is 14.8. The molecule has 70 valence electrons. The van der Waals surface area contributed by atoms with Crippen molar-refractivity contribution in [3.63, 3.8) is 0 Å². The molecule has 0 unspecified atom stereocenters. The number of carbonyl (C=O) groups is 1. The summed E-state index contributed by atoms with van der Waals surface area (Å²) in [5, 5.41) is 0. The molecular weight excluding hydrogens is 215 g/mol. The van der Waals surface area contributed by atoms with E-state index in [0.29, 0.717) is 0 Å². The van der Waals surface area contributed by atoms with E-state index in [0.717, 1.165) is 6.26 Å². The Kier molecular flexibility index (Phi) is 5.28. The maximum absolute atomic E-state index is 11.1. The van der Waals surface area contributed by atoms with Gasteiger partial charge in [0.1, 0.15) is 0 Å². The number of carbonyl (C=O) groups excluding carboxylic acids is 1. The predicted octanol–water partition coefficient (Wildman–Crippen LogP) is -2.44. The van der Waals surface area contributed by atoms with Gasteiger partial charge in [-0.25, -0.2) is 8.42 Å². The molecule has 0 spiro atoms. The second kappa shape index (κ2) is 5.45. The molecule has 0 N–H and O–H groups in total. The summed E-state index contributed by atoms with van der Waals surface area (Å²) < 4.78 is 24.2. The van der Waals surface area contributed by atoms with E-state index >= 15 is 0 Å². The Bertz CT molecular complexity index is 404. The fraction of sp³-hybridized carbons (Fsp3) is 0.143. The van der Waals surface area contributed by atoms with Gasteiger partial charge in [-0.05, 0) is 12.1 Å². The molecule has 0 atom stereocenters. The van der Waals surface area contributed by atoms with E-state index in [9.17, 15) is 13.2 Å². The van der Waals surface area contributed by atoms with Crippen LogP contribution in [0.4, 0.5) is 0 Å². The monoisotopic (exact) mass is 222 g/mol. The van der Waals surface area contributed by atoms with E-state index in [-0.39, 0.29) is 35.1 Å². The SMILES string of the molecule is CS(=O)(=O)[N-]C(=O)c1ccncc1.[Na+]. The molecule has 0 aliphatic heterocycles. The van der Waals surface area contributed by atoms with Gasteiger partial charge in [0.05, 0.1) is 15.9 Å². The van der Waals surface area contributed by atoms with Crippen LogP contribution in [-0.4, -0.2) is 25.6 Å². The third-order valence-corrected chi connectivity index (χ3v) is 1.67. The Morgan fingerprint density at radius 1 is 1.36 bits per heavy atom. The molecular formula is C7H7N2NaO3S. The van der Waals surface area contributed by atoms with Crippen molar-refractivity contribution in [1.82, 2.24) is 4.98 Å². The number of sulfonamides is 1. The summed E-state index contributed by atoms with van der Waals surface area (Å²) in [6, 6.07) is 2.80. The van der Waals surface area contributed by atoms with Crippen molar-refractivity contribution in [2.45, 2.75) is 0 Å². The first-order valence-electron chi connectivity index (χ1n) is 3.36. The summed E-state index contributed by atoms with van der Waals surface area (Å²) in [5.74, 6) is -0.773. The molecule has 0 saturated heterocycles. The fourth-order valence-electron chi connectivity index (χ4n) is 0.698. The molecule has 0 bridgehead atoms. The van der Waals surface area contributed by atoms with Gasteiger partial charge in [-0.2, -0.15) is 0 Å². The zero-order valence-electron chi connectivity index (χ0n) is 7.84. The molecule has 1 aromatic rings. The van der Waals surface area contributed by atoms with Crippen LogP contribution >= 0.6 is 0 Å². The van der Waals surface area contributed by atoms with Gasteiger partial charge in [0, 0.05) is 24.2 Å². The summed E-state index contributed by atoms with van der Waals surface area (Å²) in [6.07, 6.45) is 3.65. The minimum atomic E-state index is -3.62. The van der Waals surface area contributed by atoms with Gasteiger partial charge in [-0.3, -0.25) is 4.98 Å². The Morgan fingerprint density at radius 3 is 2.29 bits per heavy atom. The molecule has 0 fully saturated rings. The maximum Gasteiger partial charge on any atom is 1.00 e. The van der Waals surface area contributed by atoms with Gasteiger partial charge in [0.25, 0.3) is 0 Å². The second-order valence-corrected chi connectivity index (χ2v) is 4.01. The van der Waals surface area contributed by atoms with Crippen molar-refractivity contribution in [2.75, 3.05) is 6.26 Å². The van der Waals surface area contributed by atoms with Crippen LogP contribution in [0.3, 0.4) is 0 Å². The van der Waals surface area contributed by atoms with Crippen LogP contribution in [0.5, 0.6) is 0 Å². The number of hydrogen-bond acceptors (Lipinski definition) is 4. The summed E-state index contributed by atoms with van der Waals surface area (Å²) in [6.45, 7) is 0. The van der Waals surface area contributed by atoms with Gasteiger partial charge in [-0.1, -0.05) is 0 Å². The smallest absolute Gasteiger partial charge is 0.542 e. The standard InChI is InChI=1S/C7H8N2O3S.Na/c1-13(11,12)9-7(10)6-2-4-8-5-3-6;/h2-5H,1H3,(H,9,10);/q;+1/p-1. The van der Waals surface area contributed by atoms with Crippen LogP contribution < -0.4 is 29.6 Å². The third kappa shape index (κ3) is 4.71. The number of pyridine rings is 1. The van der Waals surface area contributed by atoms with Crippen LogP contribution in [-0.2, 0) is 10.0 Å². The van der Waals surface area contributed by atoms with E-state index < -0.39 is 15.9 Å². The van der Waals surface area contributed by atoms with Crippen LogP contribution in [0.2, 0.25) is 0 Å². The number of aromatic nitrogens is 1. The zero-order chi connectivity index (χ0) is 9.90. The molecule has 0 aliphatic rings. The van der Waals surface area contributed by atoms with Crippen molar-refractivity contribution in [3.05, 3.63) is 34.8 Å². The normalized spacial score (nSPS) is 10.1. The number of rotatable bonds is 2. The minimum absolute atomic E-state index is 0. The molecule has 14 heavy (non-hydrogen) atoms. The number of hydrogen-bond donors (Lipinski definition) is 0. The minimum Gasteiger partial charge on any atom is -0.542 e. The average Bonchev–Trinajstić information content (AvgIpc) is 2.03. The van der Waals surface area contributed by atoms with E-state index in [2.05, 4.69) is 9.71 Å². The largest absolute Gasteiger partial charge is 1.00 e. The predicted molar refractivity (Wildman–Crippen MR) is 46.8 cm³/mol. The van der Waals surface area contributed by atoms with E-state index in [1.54, 1.807) is 0 Å². The first kappa shape index (κ1) is 13.6. The first-order valence-corrected chi connectivity index (χ1v) is 5.21. The topological polar surface area (TPSA) is 78.2 Å². The molecule has 0 aliphatic carbocycles. The van der Waals surface area contributed by atoms with Crippen molar-refractivity contribution in [2.24, 2.45) is 0 Å². The quantitative estimate of drug-likeness (QED) is 0.521. The van der Waals surface area contributed by atoms with Crippen LogP contribution in [0.25, 0.3) is 4.72 Å². The van der Waals surface area contributed by atoms with Crippen LogP contribution in [0, 0.1) is 0 Å². The molecule has 5 nitrogen and oxygen atoms in total. The van der Waals surface area contributed by atoms with Crippen molar-refractivity contribution < 1.29 is 42.8 Å². The molecule has 0 radical (unpaired) electrons. The average molecular weight is 222 g/mol. The van der Waals surface area contributed by atoms with Crippen LogP contribution in [0.15, 0.2) is 24.5 Å². The second-order valence-electron chi connectivity index (χ2n) is 2.37. The molecule has 1 rings (SSSR count). The van der Waals surface area contributed by atoms with E-state index in [1.807, 2.05) is 0 Å². The Morgan fingerprint density at radius 2 is 1.86 bits per heavy atom. The van der Waals surface area contributed by atoms with Gasteiger partial charge in [-0.15, -0.1) is 0 Å². The van der Waals surface area contributed by atoms with E-state index in [4.69, 9.17) is 0 Å². The Labute approximate surface area is 104 Å². The molecule has 1 amide bonds. The first-order chi connectivity index (χ1) is 5.99. The number of amides is 1. The van der Waals surface area contributed by atoms with E-state index in [1.165, 1.54) is 24.5 Å². The van der Waals surface area contributed by atoms with Crippen molar-refractivity contribution in [1.29, 1.82) is 0 Å². The summed E-state index contributed by atoms with van der Waals surface area (Å²) in [7, 11) is -3.62. The fourth-order valence-corrected chi connectivity index (χ4v) is 1.10. The molecule has 0 saturated carbocycles. The molecule has 1 heterocycles. The molecule has 0 aromatic carbocycles. The summed E-state index contributed by atoms with van der Waals surface area (Å²) >= 11 is 0. The van der Waals surface area contributed by atoms with Crippen molar-refractivity contribution in [3.8, 4) is 0 Å².